The predicted molar refractivity (Wildman–Crippen MR) is 66.7 cm³/mol. The van der Waals surface area contributed by atoms with E-state index in [9.17, 15) is 4.79 Å². The SMILES string of the molecule is C=CC(=O)N1CC(n2cc(C(C)(C)C)cn2)C1. The van der Waals surface area contributed by atoms with E-state index in [1.54, 1.807) is 4.90 Å². The maximum Gasteiger partial charge on any atom is 0.246 e. The molecule has 0 atom stereocenters. The zero-order valence-corrected chi connectivity index (χ0v) is 10.7. The topological polar surface area (TPSA) is 38.1 Å². The molecule has 1 fully saturated rings. The minimum atomic E-state index is 0.00412. The van der Waals surface area contributed by atoms with E-state index in [2.05, 4.69) is 38.6 Å². The van der Waals surface area contributed by atoms with E-state index in [-0.39, 0.29) is 11.3 Å². The molecule has 0 saturated carbocycles. The van der Waals surface area contributed by atoms with Crippen LogP contribution in [-0.4, -0.2) is 33.7 Å². The molecule has 0 aromatic carbocycles. The second kappa shape index (κ2) is 4.02. The fraction of sp³-hybridized carbons (Fsp3) is 0.538. The first-order valence-electron chi connectivity index (χ1n) is 5.88. The van der Waals surface area contributed by atoms with Gasteiger partial charge < -0.3 is 4.90 Å². The lowest BCUT2D eigenvalue weighted by molar-refractivity contribution is -0.131. The van der Waals surface area contributed by atoms with Crippen molar-refractivity contribution in [2.24, 2.45) is 0 Å². The van der Waals surface area contributed by atoms with Gasteiger partial charge in [-0.1, -0.05) is 27.4 Å². The van der Waals surface area contributed by atoms with Crippen LogP contribution in [-0.2, 0) is 10.2 Å². The molecule has 0 radical (unpaired) electrons. The molecule has 4 heteroatoms. The van der Waals surface area contributed by atoms with Gasteiger partial charge in [0.15, 0.2) is 0 Å². The summed E-state index contributed by atoms with van der Waals surface area (Å²) in [6.07, 6.45) is 5.36. The monoisotopic (exact) mass is 233 g/mol. The van der Waals surface area contributed by atoms with Crippen LogP contribution in [0, 0.1) is 0 Å². The smallest absolute Gasteiger partial charge is 0.246 e. The summed E-state index contributed by atoms with van der Waals surface area (Å²) in [6, 6.07) is 0.315. The predicted octanol–water partition coefficient (Wildman–Crippen LogP) is 1.75. The third kappa shape index (κ3) is 2.25. The van der Waals surface area contributed by atoms with E-state index >= 15 is 0 Å². The zero-order valence-electron chi connectivity index (χ0n) is 10.7. The largest absolute Gasteiger partial charge is 0.335 e. The van der Waals surface area contributed by atoms with E-state index in [1.165, 1.54) is 11.6 Å². The molecule has 0 spiro atoms. The van der Waals surface area contributed by atoms with Gasteiger partial charge in [-0.15, -0.1) is 0 Å². The second-order valence-electron chi connectivity index (χ2n) is 5.56. The van der Waals surface area contributed by atoms with Gasteiger partial charge in [0, 0.05) is 19.3 Å². The van der Waals surface area contributed by atoms with E-state index in [1.807, 2.05) is 10.9 Å². The maximum atomic E-state index is 11.3. The number of rotatable bonds is 2. The molecule has 1 aliphatic rings. The molecule has 1 aromatic rings. The van der Waals surface area contributed by atoms with Crippen molar-refractivity contribution in [3.63, 3.8) is 0 Å². The highest BCUT2D eigenvalue weighted by Gasteiger charge is 2.31. The van der Waals surface area contributed by atoms with Crippen LogP contribution in [0.25, 0.3) is 0 Å². The summed E-state index contributed by atoms with van der Waals surface area (Å²) >= 11 is 0. The molecule has 1 saturated heterocycles. The third-order valence-corrected chi connectivity index (χ3v) is 3.19. The standard InChI is InChI=1S/C13H19N3O/c1-5-12(17)15-8-11(9-15)16-7-10(6-14-16)13(2,3)4/h5-7,11H,1,8-9H2,2-4H3. The molecule has 17 heavy (non-hydrogen) atoms. The lowest BCUT2D eigenvalue weighted by Crippen LogP contribution is -2.50. The van der Waals surface area contributed by atoms with Gasteiger partial charge in [0.1, 0.15) is 0 Å². The van der Waals surface area contributed by atoms with Crippen LogP contribution >= 0.6 is 0 Å². The van der Waals surface area contributed by atoms with E-state index < -0.39 is 0 Å². The van der Waals surface area contributed by atoms with Crippen LogP contribution in [0.2, 0.25) is 0 Å². The van der Waals surface area contributed by atoms with Crippen LogP contribution in [0.1, 0.15) is 32.4 Å². The lowest BCUT2D eigenvalue weighted by atomic mass is 9.90. The summed E-state index contributed by atoms with van der Waals surface area (Å²) in [6.45, 7) is 11.5. The Morgan fingerprint density at radius 3 is 2.65 bits per heavy atom. The summed E-state index contributed by atoms with van der Waals surface area (Å²) in [7, 11) is 0. The normalized spacial score (nSPS) is 16.8. The number of hydrogen-bond acceptors (Lipinski definition) is 2. The van der Waals surface area contributed by atoms with Crippen molar-refractivity contribution in [1.82, 2.24) is 14.7 Å². The summed E-state index contributed by atoms with van der Waals surface area (Å²) in [5, 5.41) is 4.38. The Labute approximate surface area is 102 Å². The highest BCUT2D eigenvalue weighted by molar-refractivity contribution is 5.87. The second-order valence-corrected chi connectivity index (χ2v) is 5.56. The van der Waals surface area contributed by atoms with E-state index in [4.69, 9.17) is 0 Å². The number of amides is 1. The number of likely N-dealkylation sites (tertiary alicyclic amines) is 1. The van der Waals surface area contributed by atoms with Crippen molar-refractivity contribution in [3.05, 3.63) is 30.6 Å². The molecule has 0 aliphatic carbocycles. The Morgan fingerprint density at radius 2 is 2.18 bits per heavy atom. The summed E-state index contributed by atoms with van der Waals surface area (Å²) in [5.74, 6) is 0.00412. The highest BCUT2D eigenvalue weighted by atomic mass is 16.2. The Balaban J connectivity index is 2.00. The zero-order chi connectivity index (χ0) is 12.6. The Bertz CT molecular complexity index is 436. The molecule has 2 heterocycles. The third-order valence-electron chi connectivity index (χ3n) is 3.19. The quantitative estimate of drug-likeness (QED) is 0.730. The maximum absolute atomic E-state index is 11.3. The van der Waals surface area contributed by atoms with Gasteiger partial charge in [0.2, 0.25) is 5.91 Å². The van der Waals surface area contributed by atoms with Crippen LogP contribution in [0.4, 0.5) is 0 Å². The first-order chi connectivity index (χ1) is 7.91. The number of nitrogens with zero attached hydrogens (tertiary/aromatic N) is 3. The van der Waals surface area contributed by atoms with Crippen LogP contribution in [0.5, 0.6) is 0 Å². The molecular formula is C13H19N3O. The first-order valence-corrected chi connectivity index (χ1v) is 5.88. The van der Waals surface area contributed by atoms with Crippen molar-refractivity contribution in [1.29, 1.82) is 0 Å². The fourth-order valence-electron chi connectivity index (χ4n) is 1.86. The van der Waals surface area contributed by atoms with Gasteiger partial charge in [-0.3, -0.25) is 9.48 Å². The van der Waals surface area contributed by atoms with Gasteiger partial charge in [-0.2, -0.15) is 5.10 Å². The van der Waals surface area contributed by atoms with Crippen LogP contribution in [0.15, 0.2) is 25.0 Å². The van der Waals surface area contributed by atoms with Crippen LogP contribution < -0.4 is 0 Å². The van der Waals surface area contributed by atoms with Crippen molar-refractivity contribution in [2.45, 2.75) is 32.2 Å². The Morgan fingerprint density at radius 1 is 1.53 bits per heavy atom. The Hall–Kier alpha value is -1.58. The number of carbonyl (C=O) groups excluding carboxylic acids is 1. The molecule has 0 bridgehead atoms. The highest BCUT2D eigenvalue weighted by Crippen LogP contribution is 2.25. The van der Waals surface area contributed by atoms with Gasteiger partial charge in [-0.25, -0.2) is 0 Å². The Kier molecular flexibility index (Phi) is 2.81. The molecule has 0 unspecified atom stereocenters. The molecular weight excluding hydrogens is 214 g/mol. The van der Waals surface area contributed by atoms with Crippen LogP contribution in [0.3, 0.4) is 0 Å². The van der Waals surface area contributed by atoms with E-state index in [0.29, 0.717) is 6.04 Å². The average Bonchev–Trinajstić information content (AvgIpc) is 2.63. The molecule has 0 N–H and O–H groups in total. The van der Waals surface area contributed by atoms with Crippen molar-refractivity contribution in [2.75, 3.05) is 13.1 Å². The van der Waals surface area contributed by atoms with Crippen molar-refractivity contribution < 1.29 is 4.79 Å². The lowest BCUT2D eigenvalue weighted by Gasteiger charge is -2.38. The minimum Gasteiger partial charge on any atom is -0.335 e. The van der Waals surface area contributed by atoms with E-state index in [0.717, 1.165) is 13.1 Å². The molecule has 4 nitrogen and oxygen atoms in total. The summed E-state index contributed by atoms with van der Waals surface area (Å²) < 4.78 is 1.97. The molecule has 2 rings (SSSR count). The molecule has 1 amide bonds. The number of carbonyl (C=O) groups is 1. The number of aromatic nitrogens is 2. The average molecular weight is 233 g/mol. The summed E-state index contributed by atoms with van der Waals surface area (Å²) in [5.41, 5.74) is 1.35. The summed E-state index contributed by atoms with van der Waals surface area (Å²) in [4.78, 5) is 13.1. The van der Waals surface area contributed by atoms with Gasteiger partial charge in [0.05, 0.1) is 12.2 Å². The van der Waals surface area contributed by atoms with Crippen molar-refractivity contribution in [3.8, 4) is 0 Å². The molecule has 92 valence electrons. The minimum absolute atomic E-state index is 0.00412. The molecule has 1 aromatic heterocycles. The van der Waals surface area contributed by atoms with Gasteiger partial charge in [0.25, 0.3) is 0 Å². The van der Waals surface area contributed by atoms with Crippen molar-refractivity contribution >= 4 is 5.91 Å². The molecule has 1 aliphatic heterocycles. The number of hydrogen-bond donors (Lipinski definition) is 0. The van der Waals surface area contributed by atoms with Gasteiger partial charge >= 0.3 is 0 Å². The van der Waals surface area contributed by atoms with Gasteiger partial charge in [-0.05, 0) is 17.1 Å². The fourth-order valence-corrected chi connectivity index (χ4v) is 1.86. The first kappa shape index (κ1) is 11.9.